The number of nitrogens with zero attached hydrogens (tertiary/aromatic N) is 2. The molecule has 0 spiro atoms. The zero-order chi connectivity index (χ0) is 19.1. The molecule has 0 atom stereocenters. The van der Waals surface area contributed by atoms with Crippen molar-refractivity contribution in [2.45, 2.75) is 13.5 Å². The van der Waals surface area contributed by atoms with E-state index in [1.165, 1.54) is 12.1 Å². The van der Waals surface area contributed by atoms with Crippen LogP contribution in [0.15, 0.2) is 48.5 Å². The van der Waals surface area contributed by atoms with E-state index in [0.717, 1.165) is 49.7 Å². The molecule has 0 unspecified atom stereocenters. The van der Waals surface area contributed by atoms with Crippen LogP contribution in [-0.4, -0.2) is 55.0 Å². The summed E-state index contributed by atoms with van der Waals surface area (Å²) < 4.78 is 18.4. The SMILES string of the molecule is CCOc1ccc(NC(=O)CN2CCN(Cc3ccc(F)cc3)CC2)cc1. The molecule has 1 aliphatic rings. The van der Waals surface area contributed by atoms with E-state index < -0.39 is 0 Å². The van der Waals surface area contributed by atoms with E-state index in [1.54, 1.807) is 0 Å². The first-order chi connectivity index (χ1) is 13.1. The topological polar surface area (TPSA) is 44.8 Å². The molecule has 27 heavy (non-hydrogen) atoms. The van der Waals surface area contributed by atoms with Gasteiger partial charge in [-0.15, -0.1) is 0 Å². The zero-order valence-corrected chi connectivity index (χ0v) is 15.7. The lowest BCUT2D eigenvalue weighted by Crippen LogP contribution is -2.48. The second-order valence-corrected chi connectivity index (χ2v) is 6.68. The first-order valence-electron chi connectivity index (χ1n) is 9.34. The fraction of sp³-hybridized carbons (Fsp3) is 0.381. The number of benzene rings is 2. The molecular weight excluding hydrogens is 345 g/mol. The van der Waals surface area contributed by atoms with Crippen LogP contribution in [0.4, 0.5) is 10.1 Å². The minimum absolute atomic E-state index is 0.00820. The van der Waals surface area contributed by atoms with Gasteiger partial charge in [0, 0.05) is 38.4 Å². The van der Waals surface area contributed by atoms with Crippen molar-refractivity contribution in [2.24, 2.45) is 0 Å². The van der Waals surface area contributed by atoms with Gasteiger partial charge in [-0.25, -0.2) is 4.39 Å². The number of hydrogen-bond donors (Lipinski definition) is 1. The zero-order valence-electron chi connectivity index (χ0n) is 15.7. The van der Waals surface area contributed by atoms with Crippen LogP contribution < -0.4 is 10.1 Å². The van der Waals surface area contributed by atoms with Crippen LogP contribution in [0.2, 0.25) is 0 Å². The van der Waals surface area contributed by atoms with Crippen LogP contribution in [0, 0.1) is 5.82 Å². The molecule has 2 aromatic carbocycles. The Balaban J connectivity index is 1.40. The third kappa shape index (κ3) is 6.05. The van der Waals surface area contributed by atoms with Crippen LogP contribution in [0.25, 0.3) is 0 Å². The Morgan fingerprint density at radius 2 is 1.63 bits per heavy atom. The highest BCUT2D eigenvalue weighted by atomic mass is 19.1. The van der Waals surface area contributed by atoms with Gasteiger partial charge in [-0.3, -0.25) is 14.6 Å². The summed E-state index contributed by atoms with van der Waals surface area (Å²) in [5.41, 5.74) is 1.89. The van der Waals surface area contributed by atoms with Gasteiger partial charge < -0.3 is 10.1 Å². The van der Waals surface area contributed by atoms with Gasteiger partial charge in [0.05, 0.1) is 13.2 Å². The summed E-state index contributed by atoms with van der Waals surface area (Å²) in [6.07, 6.45) is 0. The molecule has 0 bridgehead atoms. The Morgan fingerprint density at radius 1 is 1.00 bits per heavy atom. The Labute approximate surface area is 159 Å². The van der Waals surface area contributed by atoms with Crippen molar-refractivity contribution < 1.29 is 13.9 Å². The van der Waals surface area contributed by atoms with E-state index in [2.05, 4.69) is 15.1 Å². The summed E-state index contributed by atoms with van der Waals surface area (Å²) in [5.74, 6) is 0.584. The summed E-state index contributed by atoms with van der Waals surface area (Å²) in [4.78, 5) is 16.7. The summed E-state index contributed by atoms with van der Waals surface area (Å²) in [7, 11) is 0. The predicted molar refractivity (Wildman–Crippen MR) is 104 cm³/mol. The monoisotopic (exact) mass is 371 g/mol. The van der Waals surface area contributed by atoms with E-state index in [9.17, 15) is 9.18 Å². The van der Waals surface area contributed by atoms with Gasteiger partial charge in [-0.2, -0.15) is 0 Å². The molecule has 6 heteroatoms. The number of amides is 1. The minimum Gasteiger partial charge on any atom is -0.494 e. The molecule has 1 saturated heterocycles. The number of carbonyl (C=O) groups excluding carboxylic acids is 1. The summed E-state index contributed by atoms with van der Waals surface area (Å²) >= 11 is 0. The second-order valence-electron chi connectivity index (χ2n) is 6.68. The largest absolute Gasteiger partial charge is 0.494 e. The molecule has 1 heterocycles. The number of carbonyl (C=O) groups is 1. The van der Waals surface area contributed by atoms with Crippen molar-refractivity contribution >= 4 is 11.6 Å². The first kappa shape index (κ1) is 19.3. The van der Waals surface area contributed by atoms with E-state index >= 15 is 0 Å². The van der Waals surface area contributed by atoms with Crippen LogP contribution in [0.1, 0.15) is 12.5 Å². The number of ether oxygens (including phenoxy) is 1. The van der Waals surface area contributed by atoms with Gasteiger partial charge in [0.15, 0.2) is 0 Å². The van der Waals surface area contributed by atoms with E-state index in [4.69, 9.17) is 4.74 Å². The average molecular weight is 371 g/mol. The molecule has 0 aromatic heterocycles. The molecule has 1 amide bonds. The van der Waals surface area contributed by atoms with Gasteiger partial charge in [-0.1, -0.05) is 12.1 Å². The van der Waals surface area contributed by atoms with E-state index in [0.29, 0.717) is 13.2 Å². The first-order valence-corrected chi connectivity index (χ1v) is 9.34. The number of hydrogen-bond acceptors (Lipinski definition) is 4. The highest BCUT2D eigenvalue weighted by Gasteiger charge is 2.19. The van der Waals surface area contributed by atoms with Gasteiger partial charge in [0.25, 0.3) is 0 Å². The highest BCUT2D eigenvalue weighted by Crippen LogP contribution is 2.16. The number of anilines is 1. The maximum absolute atomic E-state index is 13.0. The van der Waals surface area contributed by atoms with Crippen molar-refractivity contribution in [2.75, 3.05) is 44.6 Å². The molecule has 1 aliphatic heterocycles. The third-order valence-corrected chi connectivity index (χ3v) is 4.60. The number of halogens is 1. The van der Waals surface area contributed by atoms with Crippen molar-refractivity contribution in [3.05, 3.63) is 59.9 Å². The van der Waals surface area contributed by atoms with Crippen molar-refractivity contribution in [3.63, 3.8) is 0 Å². The molecule has 144 valence electrons. The molecule has 0 saturated carbocycles. The molecule has 3 rings (SSSR count). The maximum Gasteiger partial charge on any atom is 0.238 e. The lowest BCUT2D eigenvalue weighted by Gasteiger charge is -2.34. The Hall–Kier alpha value is -2.44. The fourth-order valence-electron chi connectivity index (χ4n) is 3.16. The Kier molecular flexibility index (Phi) is 6.79. The molecular formula is C21H26FN3O2. The Bertz CT molecular complexity index is 726. The van der Waals surface area contributed by atoms with Crippen LogP contribution >= 0.6 is 0 Å². The van der Waals surface area contributed by atoms with E-state index in [1.807, 2.05) is 43.3 Å². The smallest absolute Gasteiger partial charge is 0.238 e. The van der Waals surface area contributed by atoms with Gasteiger partial charge >= 0.3 is 0 Å². The van der Waals surface area contributed by atoms with Gasteiger partial charge in [-0.05, 0) is 48.9 Å². The number of rotatable bonds is 7. The normalized spacial score (nSPS) is 15.5. The standard InChI is InChI=1S/C21H26FN3O2/c1-2-27-20-9-7-19(8-10-20)23-21(26)16-25-13-11-24(12-14-25)15-17-3-5-18(22)6-4-17/h3-10H,2,11-16H2,1H3,(H,23,26). The minimum atomic E-state index is -0.206. The third-order valence-electron chi connectivity index (χ3n) is 4.60. The highest BCUT2D eigenvalue weighted by molar-refractivity contribution is 5.92. The molecule has 1 N–H and O–H groups in total. The predicted octanol–water partition coefficient (Wildman–Crippen LogP) is 2.98. The molecule has 2 aromatic rings. The quantitative estimate of drug-likeness (QED) is 0.813. The van der Waals surface area contributed by atoms with Gasteiger partial charge in [0.2, 0.25) is 5.91 Å². The molecule has 1 fully saturated rings. The van der Waals surface area contributed by atoms with Gasteiger partial charge in [0.1, 0.15) is 11.6 Å². The lowest BCUT2D eigenvalue weighted by molar-refractivity contribution is -0.117. The van der Waals surface area contributed by atoms with Crippen molar-refractivity contribution in [1.82, 2.24) is 9.80 Å². The average Bonchev–Trinajstić information content (AvgIpc) is 2.67. The van der Waals surface area contributed by atoms with Crippen molar-refractivity contribution in [1.29, 1.82) is 0 Å². The molecule has 5 nitrogen and oxygen atoms in total. The lowest BCUT2D eigenvalue weighted by atomic mass is 10.2. The fourth-order valence-corrected chi connectivity index (χ4v) is 3.16. The summed E-state index contributed by atoms with van der Waals surface area (Å²) in [6, 6.07) is 14.1. The number of nitrogens with one attached hydrogen (secondary N) is 1. The second kappa shape index (κ2) is 9.48. The van der Waals surface area contributed by atoms with E-state index in [-0.39, 0.29) is 11.7 Å². The molecule has 0 aliphatic carbocycles. The Morgan fingerprint density at radius 3 is 2.26 bits per heavy atom. The van der Waals surface area contributed by atoms with Crippen molar-refractivity contribution in [3.8, 4) is 5.75 Å². The van der Waals surface area contributed by atoms with Crippen LogP contribution in [0.5, 0.6) is 5.75 Å². The summed E-state index contributed by atoms with van der Waals surface area (Å²) in [6.45, 7) is 7.25. The van der Waals surface area contributed by atoms with Crippen LogP contribution in [0.3, 0.4) is 0 Å². The summed E-state index contributed by atoms with van der Waals surface area (Å²) in [5, 5.41) is 2.93. The maximum atomic E-state index is 13.0. The number of piperazine rings is 1. The van der Waals surface area contributed by atoms with Crippen LogP contribution in [-0.2, 0) is 11.3 Å². The molecule has 0 radical (unpaired) electrons.